The molecule has 0 aliphatic heterocycles. The van der Waals surface area contributed by atoms with Crippen molar-refractivity contribution in [3.05, 3.63) is 45.5 Å². The van der Waals surface area contributed by atoms with E-state index in [0.29, 0.717) is 18.8 Å². The third-order valence-electron chi connectivity index (χ3n) is 3.45. The van der Waals surface area contributed by atoms with Gasteiger partial charge in [0.25, 0.3) is 0 Å². The molecule has 0 amide bonds. The van der Waals surface area contributed by atoms with Gasteiger partial charge in [0, 0.05) is 29.0 Å². The molecule has 0 aliphatic carbocycles. The highest BCUT2D eigenvalue weighted by atomic mass is 16.5. The van der Waals surface area contributed by atoms with Gasteiger partial charge in [0.05, 0.1) is 0 Å². The van der Waals surface area contributed by atoms with Crippen LogP contribution in [0.3, 0.4) is 0 Å². The topological polar surface area (TPSA) is 52.6 Å². The van der Waals surface area contributed by atoms with Crippen LogP contribution in [-0.4, -0.2) is 6.61 Å². The van der Waals surface area contributed by atoms with Gasteiger partial charge in [0.15, 0.2) is 0 Å². The normalized spacial score (nSPS) is 11.6. The van der Waals surface area contributed by atoms with Crippen molar-refractivity contribution in [2.24, 2.45) is 0 Å². The van der Waals surface area contributed by atoms with E-state index in [4.69, 9.17) is 13.6 Å². The number of hydrogen-bond donors (Lipinski definition) is 0. The second kappa shape index (κ2) is 4.80. The monoisotopic (exact) mass is 272 g/mol. The maximum atomic E-state index is 11.5. The number of fused-ring (bicyclic) bond motifs is 2. The summed E-state index contributed by atoms with van der Waals surface area (Å²) >= 11 is 0. The Bertz CT molecular complexity index is 839. The van der Waals surface area contributed by atoms with Crippen molar-refractivity contribution in [3.8, 4) is 0 Å². The predicted molar refractivity (Wildman–Crippen MR) is 77.1 cm³/mol. The molecule has 4 nitrogen and oxygen atoms in total. The first kappa shape index (κ1) is 12.9. The van der Waals surface area contributed by atoms with E-state index < -0.39 is 0 Å². The van der Waals surface area contributed by atoms with Gasteiger partial charge < -0.3 is 13.6 Å². The Balaban J connectivity index is 2.29. The van der Waals surface area contributed by atoms with Crippen LogP contribution in [0.2, 0.25) is 0 Å². The minimum atomic E-state index is -0.335. The molecule has 0 saturated carbocycles. The van der Waals surface area contributed by atoms with Gasteiger partial charge >= 0.3 is 5.63 Å². The summed E-state index contributed by atoms with van der Waals surface area (Å²) in [5.74, 6) is 0.778. The summed E-state index contributed by atoms with van der Waals surface area (Å²) in [4.78, 5) is 11.5. The number of ether oxygens (including phenoxy) is 1. The van der Waals surface area contributed by atoms with Gasteiger partial charge in [0.2, 0.25) is 0 Å². The summed E-state index contributed by atoms with van der Waals surface area (Å²) < 4.78 is 16.5. The summed E-state index contributed by atoms with van der Waals surface area (Å²) in [5, 5.41) is 1.94. The maximum absolute atomic E-state index is 11.5. The lowest BCUT2D eigenvalue weighted by Crippen LogP contribution is -1.98. The standard InChI is InChI=1S/C16H16O4/c1-4-18-8-12-6-11-7-13-9(2)5-14(17)20-16(13)10(3)15(11)19-12/h5-7H,4,8H2,1-3H3. The molecule has 0 unspecified atom stereocenters. The Hall–Kier alpha value is -2.07. The number of benzene rings is 1. The average Bonchev–Trinajstić information content (AvgIpc) is 2.81. The molecule has 0 radical (unpaired) electrons. The van der Waals surface area contributed by atoms with Crippen molar-refractivity contribution in [1.29, 1.82) is 0 Å². The summed E-state index contributed by atoms with van der Waals surface area (Å²) in [6.45, 7) is 6.85. The lowest BCUT2D eigenvalue weighted by Gasteiger charge is -2.03. The Kier molecular flexibility index (Phi) is 3.10. The molecule has 0 spiro atoms. The third-order valence-corrected chi connectivity index (χ3v) is 3.45. The summed E-state index contributed by atoms with van der Waals surface area (Å²) in [6.07, 6.45) is 0. The molecule has 0 atom stereocenters. The van der Waals surface area contributed by atoms with E-state index >= 15 is 0 Å². The van der Waals surface area contributed by atoms with Crippen LogP contribution in [0.15, 0.2) is 31.8 Å². The Morgan fingerprint density at radius 3 is 2.65 bits per heavy atom. The summed E-state index contributed by atoms with van der Waals surface area (Å²) in [5.41, 5.74) is 2.77. The fraction of sp³-hybridized carbons (Fsp3) is 0.312. The first-order valence-corrected chi connectivity index (χ1v) is 6.64. The maximum Gasteiger partial charge on any atom is 0.336 e. The number of rotatable bonds is 3. The van der Waals surface area contributed by atoms with Crippen molar-refractivity contribution in [2.45, 2.75) is 27.4 Å². The van der Waals surface area contributed by atoms with Gasteiger partial charge in [-0.25, -0.2) is 4.79 Å². The van der Waals surface area contributed by atoms with Crippen LogP contribution in [-0.2, 0) is 11.3 Å². The molecule has 0 aliphatic rings. The molecule has 1 aromatic carbocycles. The van der Waals surface area contributed by atoms with Crippen LogP contribution >= 0.6 is 0 Å². The molecule has 2 aromatic heterocycles. The minimum absolute atomic E-state index is 0.335. The lowest BCUT2D eigenvalue weighted by atomic mass is 10.1. The zero-order chi connectivity index (χ0) is 14.3. The molecule has 20 heavy (non-hydrogen) atoms. The van der Waals surface area contributed by atoms with Crippen LogP contribution in [0.25, 0.3) is 21.9 Å². The zero-order valence-electron chi connectivity index (χ0n) is 11.8. The molecule has 2 heterocycles. The van der Waals surface area contributed by atoms with E-state index in [1.807, 2.05) is 32.9 Å². The fourth-order valence-corrected chi connectivity index (χ4v) is 2.47. The Morgan fingerprint density at radius 1 is 1.10 bits per heavy atom. The molecule has 3 aromatic rings. The van der Waals surface area contributed by atoms with Gasteiger partial charge in [-0.15, -0.1) is 0 Å². The SMILES string of the molecule is CCOCc1cc2cc3c(C)cc(=O)oc3c(C)c2o1. The number of furan rings is 1. The zero-order valence-corrected chi connectivity index (χ0v) is 11.8. The van der Waals surface area contributed by atoms with E-state index in [2.05, 4.69) is 0 Å². The van der Waals surface area contributed by atoms with E-state index in [9.17, 15) is 4.79 Å². The molecule has 104 valence electrons. The molecule has 0 bridgehead atoms. The molecule has 0 saturated heterocycles. The minimum Gasteiger partial charge on any atom is -0.458 e. The van der Waals surface area contributed by atoms with Crippen LogP contribution in [0, 0.1) is 13.8 Å². The number of hydrogen-bond acceptors (Lipinski definition) is 4. The largest absolute Gasteiger partial charge is 0.458 e. The highest BCUT2D eigenvalue weighted by Crippen LogP contribution is 2.31. The summed E-state index contributed by atoms with van der Waals surface area (Å²) in [6, 6.07) is 5.48. The highest BCUT2D eigenvalue weighted by Gasteiger charge is 2.13. The van der Waals surface area contributed by atoms with Crippen molar-refractivity contribution >= 4 is 21.9 Å². The smallest absolute Gasteiger partial charge is 0.336 e. The second-order valence-corrected chi connectivity index (χ2v) is 4.89. The van der Waals surface area contributed by atoms with Gasteiger partial charge in [-0.1, -0.05) is 0 Å². The third kappa shape index (κ3) is 2.02. The summed E-state index contributed by atoms with van der Waals surface area (Å²) in [7, 11) is 0. The number of aryl methyl sites for hydroxylation is 2. The molecule has 0 fully saturated rings. The molecule has 3 rings (SSSR count). The first-order chi connectivity index (χ1) is 9.60. The van der Waals surface area contributed by atoms with E-state index in [1.165, 1.54) is 6.07 Å². The Morgan fingerprint density at radius 2 is 1.90 bits per heavy atom. The van der Waals surface area contributed by atoms with Crippen LogP contribution in [0.4, 0.5) is 0 Å². The Labute approximate surface area is 115 Å². The van der Waals surface area contributed by atoms with Crippen molar-refractivity contribution < 1.29 is 13.6 Å². The van der Waals surface area contributed by atoms with E-state index in [-0.39, 0.29) is 5.63 Å². The van der Waals surface area contributed by atoms with E-state index in [1.54, 1.807) is 0 Å². The second-order valence-electron chi connectivity index (χ2n) is 4.89. The van der Waals surface area contributed by atoms with E-state index in [0.717, 1.165) is 33.2 Å². The molecular formula is C16H16O4. The molecule has 4 heteroatoms. The molecular weight excluding hydrogens is 256 g/mol. The van der Waals surface area contributed by atoms with Gasteiger partial charge in [-0.2, -0.15) is 0 Å². The quantitative estimate of drug-likeness (QED) is 0.682. The van der Waals surface area contributed by atoms with Crippen LogP contribution in [0.5, 0.6) is 0 Å². The highest BCUT2D eigenvalue weighted by molar-refractivity contribution is 5.98. The van der Waals surface area contributed by atoms with Crippen molar-refractivity contribution in [2.75, 3.05) is 6.61 Å². The average molecular weight is 272 g/mol. The van der Waals surface area contributed by atoms with Gasteiger partial charge in [0.1, 0.15) is 23.5 Å². The first-order valence-electron chi connectivity index (χ1n) is 6.64. The van der Waals surface area contributed by atoms with Crippen LogP contribution in [0.1, 0.15) is 23.8 Å². The van der Waals surface area contributed by atoms with Gasteiger partial charge in [-0.3, -0.25) is 0 Å². The molecule has 0 N–H and O–H groups in total. The predicted octanol–water partition coefficient (Wildman–Crippen LogP) is 3.69. The van der Waals surface area contributed by atoms with Crippen LogP contribution < -0.4 is 5.63 Å². The van der Waals surface area contributed by atoms with Gasteiger partial charge in [-0.05, 0) is 38.5 Å². The fourth-order valence-electron chi connectivity index (χ4n) is 2.47. The lowest BCUT2D eigenvalue weighted by molar-refractivity contribution is 0.119. The van der Waals surface area contributed by atoms with Crippen molar-refractivity contribution in [3.63, 3.8) is 0 Å². The van der Waals surface area contributed by atoms with Crippen molar-refractivity contribution in [1.82, 2.24) is 0 Å².